The molecule has 1 N–H and O–H groups in total. The molecule has 0 aliphatic carbocycles. The first-order chi connectivity index (χ1) is 9.56. The molecule has 3 nitrogen and oxygen atoms in total. The molecule has 0 aliphatic heterocycles. The average molecular weight is 338 g/mol. The maximum Gasteiger partial charge on any atom is 0.174 e. The maximum absolute atomic E-state index is 14.3. The second-order valence-electron chi connectivity index (χ2n) is 4.40. The summed E-state index contributed by atoms with van der Waals surface area (Å²) in [5, 5.41) is 2.75. The summed E-state index contributed by atoms with van der Waals surface area (Å²) in [5.41, 5.74) is 1.35. The Morgan fingerprint density at radius 3 is 2.65 bits per heavy atom. The Morgan fingerprint density at radius 2 is 1.90 bits per heavy atom. The lowest BCUT2D eigenvalue weighted by molar-refractivity contribution is 0.628. The summed E-state index contributed by atoms with van der Waals surface area (Å²) in [6, 6.07) is 7.86. The lowest BCUT2D eigenvalue weighted by atomic mass is 10.2. The van der Waals surface area contributed by atoms with Crippen molar-refractivity contribution in [3.05, 3.63) is 52.8 Å². The molecule has 1 aromatic heterocycles. The van der Waals surface area contributed by atoms with Gasteiger partial charge in [0.1, 0.15) is 11.3 Å². The number of anilines is 2. The fourth-order valence-corrected chi connectivity index (χ4v) is 2.33. The topological polar surface area (TPSA) is 29.9 Å². The first kappa shape index (κ1) is 13.1. The highest BCUT2D eigenvalue weighted by Gasteiger charge is 2.12. The van der Waals surface area contributed by atoms with Crippen LogP contribution in [0.5, 0.6) is 0 Å². The van der Waals surface area contributed by atoms with Gasteiger partial charge in [-0.15, -0.1) is 0 Å². The standard InChI is InChI=1S/C14H10BrF2N3/c1-20-7-18-14-12(20)5-4-11(13(14)17)19-10-3-2-8(15)6-9(10)16/h2-7,19H,1H3. The largest absolute Gasteiger partial charge is 0.351 e. The predicted molar refractivity (Wildman–Crippen MR) is 78.1 cm³/mol. The molecule has 20 heavy (non-hydrogen) atoms. The quantitative estimate of drug-likeness (QED) is 0.753. The molecular formula is C14H10BrF2N3. The van der Waals surface area contributed by atoms with Crippen LogP contribution in [0.2, 0.25) is 0 Å². The minimum Gasteiger partial charge on any atom is -0.351 e. The van der Waals surface area contributed by atoms with Gasteiger partial charge in [0.05, 0.1) is 23.2 Å². The van der Waals surface area contributed by atoms with Gasteiger partial charge in [0.25, 0.3) is 0 Å². The normalized spacial score (nSPS) is 11.0. The number of rotatable bonds is 2. The number of fused-ring (bicyclic) bond motifs is 1. The van der Waals surface area contributed by atoms with Crippen molar-refractivity contribution in [3.63, 3.8) is 0 Å². The van der Waals surface area contributed by atoms with Gasteiger partial charge in [-0.05, 0) is 30.3 Å². The number of aromatic nitrogens is 2. The molecule has 0 atom stereocenters. The highest BCUT2D eigenvalue weighted by atomic mass is 79.9. The molecule has 3 rings (SSSR count). The van der Waals surface area contributed by atoms with Crippen LogP contribution in [0.25, 0.3) is 11.0 Å². The summed E-state index contributed by atoms with van der Waals surface area (Å²) in [6.45, 7) is 0. The molecule has 0 aliphatic rings. The lowest BCUT2D eigenvalue weighted by Crippen LogP contribution is -1.97. The number of aryl methyl sites for hydroxylation is 1. The van der Waals surface area contributed by atoms with E-state index in [1.54, 1.807) is 35.9 Å². The van der Waals surface area contributed by atoms with Crippen LogP contribution in [-0.2, 0) is 7.05 Å². The third-order valence-electron chi connectivity index (χ3n) is 3.04. The van der Waals surface area contributed by atoms with Gasteiger partial charge in [0.15, 0.2) is 5.82 Å². The Hall–Kier alpha value is -1.95. The summed E-state index contributed by atoms with van der Waals surface area (Å²) in [7, 11) is 1.79. The van der Waals surface area contributed by atoms with Crippen LogP contribution in [0, 0.1) is 11.6 Å². The van der Waals surface area contributed by atoms with Gasteiger partial charge in [-0.2, -0.15) is 0 Å². The van der Waals surface area contributed by atoms with E-state index in [0.717, 1.165) is 0 Å². The van der Waals surface area contributed by atoms with E-state index in [2.05, 4.69) is 26.2 Å². The van der Waals surface area contributed by atoms with E-state index in [0.29, 0.717) is 9.99 Å². The van der Waals surface area contributed by atoms with Crippen LogP contribution in [0.3, 0.4) is 0 Å². The molecule has 0 unspecified atom stereocenters. The lowest BCUT2D eigenvalue weighted by Gasteiger charge is -2.09. The molecule has 1 heterocycles. The van der Waals surface area contributed by atoms with Gasteiger partial charge in [-0.1, -0.05) is 15.9 Å². The zero-order valence-corrected chi connectivity index (χ0v) is 12.1. The number of imidazole rings is 1. The number of hydrogen-bond acceptors (Lipinski definition) is 2. The first-order valence-electron chi connectivity index (χ1n) is 5.88. The smallest absolute Gasteiger partial charge is 0.174 e. The van der Waals surface area contributed by atoms with E-state index in [4.69, 9.17) is 0 Å². The second-order valence-corrected chi connectivity index (χ2v) is 5.32. The van der Waals surface area contributed by atoms with E-state index in [-0.39, 0.29) is 16.9 Å². The molecule has 0 radical (unpaired) electrons. The van der Waals surface area contributed by atoms with E-state index >= 15 is 0 Å². The fraction of sp³-hybridized carbons (Fsp3) is 0.0714. The molecule has 6 heteroatoms. The Balaban J connectivity index is 2.04. The molecule has 2 aromatic carbocycles. The van der Waals surface area contributed by atoms with Gasteiger partial charge < -0.3 is 9.88 Å². The summed E-state index contributed by atoms with van der Waals surface area (Å²) < 4.78 is 30.4. The predicted octanol–water partition coefficient (Wildman–Crippen LogP) is 4.36. The zero-order valence-electron chi connectivity index (χ0n) is 10.5. The third-order valence-corrected chi connectivity index (χ3v) is 3.53. The highest BCUT2D eigenvalue weighted by Crippen LogP contribution is 2.28. The molecule has 102 valence electrons. The Labute approximate surface area is 122 Å². The summed E-state index contributed by atoms with van der Waals surface area (Å²) in [6.07, 6.45) is 1.54. The molecule has 0 spiro atoms. The van der Waals surface area contributed by atoms with Gasteiger partial charge in [0, 0.05) is 11.5 Å². The number of hydrogen-bond donors (Lipinski definition) is 1. The van der Waals surface area contributed by atoms with E-state index in [1.165, 1.54) is 12.4 Å². The van der Waals surface area contributed by atoms with Crippen molar-refractivity contribution < 1.29 is 8.78 Å². The molecule has 0 saturated carbocycles. The van der Waals surface area contributed by atoms with E-state index in [9.17, 15) is 8.78 Å². The fourth-order valence-electron chi connectivity index (χ4n) is 2.00. The van der Waals surface area contributed by atoms with Crippen molar-refractivity contribution in [2.45, 2.75) is 0 Å². The Bertz CT molecular complexity index is 798. The third kappa shape index (κ3) is 2.16. The Kier molecular flexibility index (Phi) is 3.17. The van der Waals surface area contributed by atoms with Crippen LogP contribution in [0.1, 0.15) is 0 Å². The number of nitrogens with zero attached hydrogens (tertiary/aromatic N) is 2. The second kappa shape index (κ2) is 4.86. The van der Waals surface area contributed by atoms with Crippen molar-refractivity contribution >= 4 is 38.3 Å². The summed E-state index contributed by atoms with van der Waals surface area (Å²) in [5.74, 6) is -0.953. The molecule has 0 saturated heterocycles. The SMILES string of the molecule is Cn1cnc2c(F)c(Nc3ccc(Br)cc3F)ccc21. The molecule has 0 amide bonds. The van der Waals surface area contributed by atoms with Gasteiger partial charge >= 0.3 is 0 Å². The number of nitrogens with one attached hydrogen (secondary N) is 1. The van der Waals surface area contributed by atoms with Gasteiger partial charge in [-0.25, -0.2) is 13.8 Å². The minimum absolute atomic E-state index is 0.192. The highest BCUT2D eigenvalue weighted by molar-refractivity contribution is 9.10. The molecular weight excluding hydrogens is 328 g/mol. The first-order valence-corrected chi connectivity index (χ1v) is 6.67. The molecule has 0 fully saturated rings. The van der Waals surface area contributed by atoms with Crippen LogP contribution in [-0.4, -0.2) is 9.55 Å². The van der Waals surface area contributed by atoms with Crippen LogP contribution in [0.15, 0.2) is 41.1 Å². The van der Waals surface area contributed by atoms with Crippen molar-refractivity contribution in [3.8, 4) is 0 Å². The number of benzene rings is 2. The van der Waals surface area contributed by atoms with Crippen molar-refractivity contribution in [2.75, 3.05) is 5.32 Å². The summed E-state index contributed by atoms with van der Waals surface area (Å²) in [4.78, 5) is 4.00. The van der Waals surface area contributed by atoms with E-state index < -0.39 is 11.6 Å². The monoisotopic (exact) mass is 337 g/mol. The van der Waals surface area contributed by atoms with Gasteiger partial charge in [-0.3, -0.25) is 0 Å². The molecule has 3 aromatic rings. The molecule has 0 bridgehead atoms. The Morgan fingerprint density at radius 1 is 1.15 bits per heavy atom. The maximum atomic E-state index is 14.3. The van der Waals surface area contributed by atoms with E-state index in [1.807, 2.05) is 0 Å². The summed E-state index contributed by atoms with van der Waals surface area (Å²) >= 11 is 3.18. The minimum atomic E-state index is -0.495. The van der Waals surface area contributed by atoms with Crippen molar-refractivity contribution in [2.24, 2.45) is 7.05 Å². The van der Waals surface area contributed by atoms with Crippen LogP contribution >= 0.6 is 15.9 Å². The van der Waals surface area contributed by atoms with Gasteiger partial charge in [0.2, 0.25) is 0 Å². The van der Waals surface area contributed by atoms with Crippen LogP contribution in [0.4, 0.5) is 20.2 Å². The van der Waals surface area contributed by atoms with Crippen molar-refractivity contribution in [1.29, 1.82) is 0 Å². The number of halogens is 3. The van der Waals surface area contributed by atoms with Crippen LogP contribution < -0.4 is 5.32 Å². The average Bonchev–Trinajstić information content (AvgIpc) is 2.78. The van der Waals surface area contributed by atoms with Crippen molar-refractivity contribution in [1.82, 2.24) is 9.55 Å². The zero-order chi connectivity index (χ0) is 14.3.